The number of hydrogen-bond acceptors (Lipinski definition) is 2. The highest BCUT2D eigenvalue weighted by atomic mass is 16.1. The van der Waals surface area contributed by atoms with E-state index >= 15 is 0 Å². The first-order valence-corrected chi connectivity index (χ1v) is 10.7. The maximum atomic E-state index is 12.7. The van der Waals surface area contributed by atoms with Crippen molar-refractivity contribution < 1.29 is 4.79 Å². The summed E-state index contributed by atoms with van der Waals surface area (Å²) >= 11 is 0. The molecule has 150 valence electrons. The number of carbonyl (C=O) groups excluding carboxylic acids is 1. The molecule has 29 heavy (non-hydrogen) atoms. The zero-order chi connectivity index (χ0) is 20.1. The molecule has 3 nitrogen and oxygen atoms in total. The van der Waals surface area contributed by atoms with Gasteiger partial charge in [0.15, 0.2) is 0 Å². The van der Waals surface area contributed by atoms with Gasteiger partial charge in [-0.05, 0) is 85.8 Å². The van der Waals surface area contributed by atoms with Crippen LogP contribution in [0.2, 0.25) is 0 Å². The van der Waals surface area contributed by atoms with E-state index in [0.717, 1.165) is 31.5 Å². The molecular formula is C26H30N2O. The second kappa shape index (κ2) is 9.23. The molecule has 0 unspecified atom stereocenters. The number of likely N-dealkylation sites (tertiary alicyclic amines) is 1. The Hall–Kier alpha value is -2.65. The van der Waals surface area contributed by atoms with Crippen LogP contribution in [0, 0.1) is 0 Å². The van der Waals surface area contributed by atoms with Gasteiger partial charge in [0, 0.05) is 12.1 Å². The highest BCUT2D eigenvalue weighted by Gasteiger charge is 2.20. The minimum Gasteiger partial charge on any atom is -0.352 e. The fraction of sp³-hybridized carbons (Fsp3) is 0.346. The first kappa shape index (κ1) is 19.7. The van der Waals surface area contributed by atoms with Crippen molar-refractivity contribution in [3.63, 3.8) is 0 Å². The van der Waals surface area contributed by atoms with Gasteiger partial charge in [-0.3, -0.25) is 4.79 Å². The number of aryl methyl sites for hydroxylation is 1. The van der Waals surface area contributed by atoms with Gasteiger partial charge in [0.1, 0.15) is 0 Å². The number of carbonyl (C=O) groups is 1. The van der Waals surface area contributed by atoms with Crippen LogP contribution in [0.4, 0.5) is 0 Å². The summed E-state index contributed by atoms with van der Waals surface area (Å²) in [5.74, 6) is 0.609. The van der Waals surface area contributed by atoms with E-state index in [-0.39, 0.29) is 5.91 Å². The number of hydrogen-bond donors (Lipinski definition) is 1. The van der Waals surface area contributed by atoms with Crippen LogP contribution >= 0.6 is 0 Å². The summed E-state index contributed by atoms with van der Waals surface area (Å²) in [7, 11) is 2.19. The van der Waals surface area contributed by atoms with E-state index < -0.39 is 0 Å². The van der Waals surface area contributed by atoms with Gasteiger partial charge < -0.3 is 10.2 Å². The summed E-state index contributed by atoms with van der Waals surface area (Å²) in [5, 5.41) is 5.55. The summed E-state index contributed by atoms with van der Waals surface area (Å²) in [6.07, 6.45) is 4.31. The molecular weight excluding hydrogens is 356 g/mol. The van der Waals surface area contributed by atoms with Crippen molar-refractivity contribution in [3.05, 3.63) is 83.4 Å². The third-order valence-corrected chi connectivity index (χ3v) is 6.11. The van der Waals surface area contributed by atoms with Crippen molar-refractivity contribution in [1.29, 1.82) is 0 Å². The molecule has 1 amide bonds. The van der Waals surface area contributed by atoms with Crippen molar-refractivity contribution in [1.82, 2.24) is 10.2 Å². The van der Waals surface area contributed by atoms with Crippen LogP contribution in [-0.4, -0.2) is 37.5 Å². The van der Waals surface area contributed by atoms with Crippen LogP contribution in [0.25, 0.3) is 10.8 Å². The highest BCUT2D eigenvalue weighted by Crippen LogP contribution is 2.33. The third kappa shape index (κ3) is 4.86. The van der Waals surface area contributed by atoms with Gasteiger partial charge in [-0.25, -0.2) is 0 Å². The lowest BCUT2D eigenvalue weighted by atomic mass is 9.86. The molecule has 1 aliphatic rings. The van der Waals surface area contributed by atoms with Gasteiger partial charge in [-0.1, -0.05) is 54.6 Å². The Morgan fingerprint density at radius 2 is 1.79 bits per heavy atom. The van der Waals surface area contributed by atoms with Crippen LogP contribution in [0.15, 0.2) is 66.7 Å². The smallest absolute Gasteiger partial charge is 0.251 e. The number of rotatable bonds is 6. The van der Waals surface area contributed by atoms with E-state index in [1.807, 2.05) is 12.1 Å². The molecule has 0 spiro atoms. The topological polar surface area (TPSA) is 32.3 Å². The van der Waals surface area contributed by atoms with E-state index in [2.05, 4.69) is 71.9 Å². The number of piperidine rings is 1. The number of nitrogens with zero attached hydrogens (tertiary/aromatic N) is 1. The maximum Gasteiger partial charge on any atom is 0.251 e. The van der Waals surface area contributed by atoms with Gasteiger partial charge in [0.25, 0.3) is 5.91 Å². The minimum absolute atomic E-state index is 0.0261. The lowest BCUT2D eigenvalue weighted by Crippen LogP contribution is -2.29. The second-order valence-electron chi connectivity index (χ2n) is 8.21. The molecule has 1 heterocycles. The Morgan fingerprint density at radius 3 is 2.59 bits per heavy atom. The molecule has 0 radical (unpaired) electrons. The highest BCUT2D eigenvalue weighted by molar-refractivity contribution is 5.99. The molecule has 3 heteroatoms. The minimum atomic E-state index is 0.0261. The van der Waals surface area contributed by atoms with Gasteiger partial charge in [0.05, 0.1) is 0 Å². The SMILES string of the molecule is CN1CCC(c2cccc3ccc(C(=O)NCCCc4ccccc4)cc23)CC1. The van der Waals surface area contributed by atoms with E-state index in [1.54, 1.807) is 0 Å². The van der Waals surface area contributed by atoms with Gasteiger partial charge in [0.2, 0.25) is 0 Å². The fourth-order valence-electron chi connectivity index (χ4n) is 4.35. The van der Waals surface area contributed by atoms with Crippen LogP contribution in [0.3, 0.4) is 0 Å². The lowest BCUT2D eigenvalue weighted by Gasteiger charge is -2.30. The quantitative estimate of drug-likeness (QED) is 0.604. The number of amides is 1. The van der Waals surface area contributed by atoms with E-state index in [9.17, 15) is 4.79 Å². The summed E-state index contributed by atoms with van der Waals surface area (Å²) < 4.78 is 0. The predicted molar refractivity (Wildman–Crippen MR) is 121 cm³/mol. The average Bonchev–Trinajstić information content (AvgIpc) is 2.77. The standard InChI is InChI=1S/C26H30N2O/c1-28-17-14-22(15-18-28)24-11-5-10-21-12-13-23(19-25(21)24)26(29)27-16-6-9-20-7-3-2-4-8-20/h2-5,7-8,10-13,19,22H,6,9,14-18H2,1H3,(H,27,29). The van der Waals surface area contributed by atoms with Crippen molar-refractivity contribution in [3.8, 4) is 0 Å². The second-order valence-corrected chi connectivity index (χ2v) is 8.21. The average molecular weight is 387 g/mol. The molecule has 1 saturated heterocycles. The summed E-state index contributed by atoms with van der Waals surface area (Å²) in [4.78, 5) is 15.1. The Labute approximate surface area is 173 Å². The third-order valence-electron chi connectivity index (χ3n) is 6.11. The van der Waals surface area contributed by atoms with Gasteiger partial charge in [-0.2, -0.15) is 0 Å². The molecule has 0 atom stereocenters. The lowest BCUT2D eigenvalue weighted by molar-refractivity contribution is 0.0953. The first-order valence-electron chi connectivity index (χ1n) is 10.7. The fourth-order valence-corrected chi connectivity index (χ4v) is 4.35. The Balaban J connectivity index is 1.43. The molecule has 4 rings (SSSR count). The van der Waals surface area contributed by atoms with Gasteiger partial charge >= 0.3 is 0 Å². The molecule has 3 aromatic carbocycles. The monoisotopic (exact) mass is 386 g/mol. The van der Waals surface area contributed by atoms with E-state index in [4.69, 9.17) is 0 Å². The Bertz CT molecular complexity index is 959. The van der Waals surface area contributed by atoms with Crippen LogP contribution in [-0.2, 0) is 6.42 Å². The molecule has 0 aliphatic carbocycles. The summed E-state index contributed by atoms with van der Waals surface area (Å²) in [6.45, 7) is 2.98. The van der Waals surface area contributed by atoms with Crippen molar-refractivity contribution in [2.24, 2.45) is 0 Å². The van der Waals surface area contributed by atoms with E-state index in [0.29, 0.717) is 12.5 Å². The number of fused-ring (bicyclic) bond motifs is 1. The van der Waals surface area contributed by atoms with Crippen LogP contribution in [0.5, 0.6) is 0 Å². The van der Waals surface area contributed by atoms with Crippen LogP contribution in [0.1, 0.15) is 46.7 Å². The van der Waals surface area contributed by atoms with Crippen molar-refractivity contribution >= 4 is 16.7 Å². The Morgan fingerprint density at radius 1 is 1.00 bits per heavy atom. The van der Waals surface area contributed by atoms with Gasteiger partial charge in [-0.15, -0.1) is 0 Å². The summed E-state index contributed by atoms with van der Waals surface area (Å²) in [5.41, 5.74) is 3.47. The predicted octanol–water partition coefficient (Wildman–Crippen LogP) is 5.01. The normalized spacial score (nSPS) is 15.5. The molecule has 1 N–H and O–H groups in total. The maximum absolute atomic E-state index is 12.7. The number of nitrogens with one attached hydrogen (secondary N) is 1. The molecule has 0 saturated carbocycles. The van der Waals surface area contributed by atoms with E-state index in [1.165, 1.54) is 34.7 Å². The molecule has 0 bridgehead atoms. The van der Waals surface area contributed by atoms with Crippen molar-refractivity contribution in [2.45, 2.75) is 31.6 Å². The summed E-state index contributed by atoms with van der Waals surface area (Å²) in [6, 6.07) is 23.1. The van der Waals surface area contributed by atoms with Crippen molar-refractivity contribution in [2.75, 3.05) is 26.7 Å². The first-order chi connectivity index (χ1) is 14.2. The zero-order valence-corrected chi connectivity index (χ0v) is 17.2. The Kier molecular flexibility index (Phi) is 6.26. The van der Waals surface area contributed by atoms with Crippen LogP contribution < -0.4 is 5.32 Å². The molecule has 0 aromatic heterocycles. The molecule has 3 aromatic rings. The number of benzene rings is 3. The molecule has 1 fully saturated rings. The zero-order valence-electron chi connectivity index (χ0n) is 17.2. The molecule has 1 aliphatic heterocycles. The largest absolute Gasteiger partial charge is 0.352 e.